The second-order valence-electron chi connectivity index (χ2n) is 4.42. The Bertz CT molecular complexity index is 828. The number of amides is 2. The fraction of sp³-hybridized carbons (Fsp3) is 0. The van der Waals surface area contributed by atoms with Crippen molar-refractivity contribution in [3.05, 3.63) is 64.9 Å². The van der Waals surface area contributed by atoms with Gasteiger partial charge in [-0.1, -0.05) is 0 Å². The molecule has 0 radical (unpaired) electrons. The Kier molecular flexibility index (Phi) is 4.36. The van der Waals surface area contributed by atoms with E-state index in [1.165, 1.54) is 42.8 Å². The third kappa shape index (κ3) is 3.74. The molecular formula is C15H10FN3O3Se. The second-order valence-corrected chi connectivity index (χ2v) is 6.58. The number of anilines is 2. The number of aromatic nitrogens is 1. The van der Waals surface area contributed by atoms with Gasteiger partial charge in [-0.2, -0.15) is 0 Å². The first-order valence-corrected chi connectivity index (χ1v) is 8.21. The number of carbonyl (C=O) groups excluding carboxylic acids is 2. The molecule has 0 saturated carbocycles. The summed E-state index contributed by atoms with van der Waals surface area (Å²) in [5.74, 6) is -0.946. The number of hydrogen-bond acceptors (Lipinski definition) is 4. The molecule has 2 aromatic heterocycles. The second kappa shape index (κ2) is 6.60. The molecule has 0 spiro atoms. The standard InChI is InChI=1S/C15H10FN3O3Se/c16-9-3-5-10(6-4-9)18-14(21)12-8-17-15(23-12)19-13(20)11-2-1-7-22-11/h1-8H,(H,18,21)(H,17,19,20). The van der Waals surface area contributed by atoms with Crippen LogP contribution in [0.5, 0.6) is 0 Å². The third-order valence-corrected chi connectivity index (χ3v) is 4.71. The zero-order chi connectivity index (χ0) is 16.2. The van der Waals surface area contributed by atoms with Crippen LogP contribution in [-0.4, -0.2) is 31.3 Å². The molecule has 0 aliphatic heterocycles. The van der Waals surface area contributed by atoms with E-state index in [0.717, 1.165) is 0 Å². The number of hydrogen-bond donors (Lipinski definition) is 2. The van der Waals surface area contributed by atoms with Crippen molar-refractivity contribution in [1.82, 2.24) is 4.98 Å². The Morgan fingerprint density at radius 3 is 2.57 bits per heavy atom. The summed E-state index contributed by atoms with van der Waals surface area (Å²) in [5.41, 5.74) is 0.487. The molecule has 3 aromatic rings. The van der Waals surface area contributed by atoms with Crippen LogP contribution in [0, 0.1) is 5.82 Å². The minimum absolute atomic E-state index is 0.174. The van der Waals surface area contributed by atoms with Gasteiger partial charge in [0.2, 0.25) is 0 Å². The molecule has 23 heavy (non-hydrogen) atoms. The van der Waals surface area contributed by atoms with E-state index >= 15 is 0 Å². The van der Waals surface area contributed by atoms with Crippen LogP contribution in [0.2, 0.25) is 0 Å². The molecule has 0 atom stereocenters. The fourth-order valence-electron chi connectivity index (χ4n) is 1.73. The zero-order valence-electron chi connectivity index (χ0n) is 11.6. The van der Waals surface area contributed by atoms with Crippen molar-refractivity contribution in [2.75, 3.05) is 10.6 Å². The normalized spacial score (nSPS) is 10.3. The van der Waals surface area contributed by atoms with Gasteiger partial charge in [0.15, 0.2) is 0 Å². The van der Waals surface area contributed by atoms with Gasteiger partial charge in [0.1, 0.15) is 0 Å². The zero-order valence-corrected chi connectivity index (χ0v) is 13.3. The maximum absolute atomic E-state index is 12.8. The summed E-state index contributed by atoms with van der Waals surface area (Å²) in [7, 11) is 0. The fourth-order valence-corrected chi connectivity index (χ4v) is 3.21. The van der Waals surface area contributed by atoms with Crippen LogP contribution >= 0.6 is 0 Å². The Morgan fingerprint density at radius 2 is 1.87 bits per heavy atom. The number of benzene rings is 1. The number of rotatable bonds is 4. The molecule has 0 aliphatic rings. The molecule has 0 bridgehead atoms. The van der Waals surface area contributed by atoms with E-state index in [1.54, 1.807) is 6.07 Å². The Hall–Kier alpha value is -2.70. The maximum atomic E-state index is 12.8. The van der Waals surface area contributed by atoms with Gasteiger partial charge in [0.05, 0.1) is 0 Å². The average molecular weight is 378 g/mol. The Labute approximate surface area is 136 Å². The first kappa shape index (κ1) is 15.2. The van der Waals surface area contributed by atoms with Gasteiger partial charge >= 0.3 is 136 Å². The molecular weight excluding hydrogens is 368 g/mol. The summed E-state index contributed by atoms with van der Waals surface area (Å²) in [6.45, 7) is 0. The van der Waals surface area contributed by atoms with Crippen LogP contribution in [-0.2, 0) is 0 Å². The molecule has 2 N–H and O–H groups in total. The Morgan fingerprint density at radius 1 is 1.09 bits per heavy atom. The average Bonchev–Trinajstić information content (AvgIpc) is 3.20. The number of carbonyl (C=O) groups is 2. The minimum atomic E-state index is -0.424. The van der Waals surface area contributed by atoms with Gasteiger partial charge < -0.3 is 0 Å². The number of furan rings is 1. The predicted molar refractivity (Wildman–Crippen MR) is 82.2 cm³/mol. The number of nitrogens with zero attached hydrogens (tertiary/aromatic N) is 1. The van der Waals surface area contributed by atoms with Gasteiger partial charge in [-0.05, 0) is 0 Å². The predicted octanol–water partition coefficient (Wildman–Crippen LogP) is 2.38. The summed E-state index contributed by atoms with van der Waals surface area (Å²) < 4.78 is 18.7. The van der Waals surface area contributed by atoms with Crippen molar-refractivity contribution in [2.45, 2.75) is 0 Å². The molecule has 0 fully saturated rings. The monoisotopic (exact) mass is 379 g/mol. The summed E-state index contributed by atoms with van der Waals surface area (Å²) in [6, 6.07) is 8.60. The van der Waals surface area contributed by atoms with Crippen molar-refractivity contribution < 1.29 is 18.4 Å². The molecule has 0 unspecified atom stereocenters. The third-order valence-electron chi connectivity index (χ3n) is 2.80. The quantitative estimate of drug-likeness (QED) is 0.683. The van der Waals surface area contributed by atoms with Gasteiger partial charge in [-0.25, -0.2) is 0 Å². The van der Waals surface area contributed by atoms with Crippen LogP contribution in [0.25, 0.3) is 0 Å². The molecule has 1 aromatic carbocycles. The van der Waals surface area contributed by atoms with Crippen LogP contribution in [0.15, 0.2) is 53.3 Å². The van der Waals surface area contributed by atoms with E-state index in [-0.39, 0.29) is 17.5 Å². The summed E-state index contributed by atoms with van der Waals surface area (Å²) >= 11 is -0.424. The first-order valence-electron chi connectivity index (χ1n) is 6.49. The van der Waals surface area contributed by atoms with Crippen molar-refractivity contribution >= 4 is 36.7 Å². The molecule has 2 amide bonds. The molecule has 3 rings (SSSR count). The van der Waals surface area contributed by atoms with Gasteiger partial charge in [-0.15, -0.1) is 0 Å². The SMILES string of the molecule is O=C(Nc1ncc(C(=O)Nc2ccc(F)cc2)[se]1)c1ccco1. The van der Waals surface area contributed by atoms with Gasteiger partial charge in [0.25, 0.3) is 0 Å². The van der Waals surface area contributed by atoms with E-state index in [2.05, 4.69) is 15.6 Å². The number of nitrogens with one attached hydrogen (secondary N) is 2. The van der Waals surface area contributed by atoms with E-state index < -0.39 is 20.4 Å². The molecule has 6 nitrogen and oxygen atoms in total. The van der Waals surface area contributed by atoms with Crippen molar-refractivity contribution in [1.29, 1.82) is 0 Å². The van der Waals surface area contributed by atoms with Crippen molar-refractivity contribution in [2.24, 2.45) is 0 Å². The topological polar surface area (TPSA) is 84.2 Å². The van der Waals surface area contributed by atoms with E-state index in [9.17, 15) is 14.0 Å². The van der Waals surface area contributed by atoms with E-state index in [4.69, 9.17) is 4.42 Å². The van der Waals surface area contributed by atoms with Crippen LogP contribution in [0.4, 0.5) is 14.8 Å². The number of halogens is 1. The van der Waals surface area contributed by atoms with Crippen LogP contribution < -0.4 is 10.6 Å². The van der Waals surface area contributed by atoms with Gasteiger partial charge in [0, 0.05) is 0 Å². The van der Waals surface area contributed by atoms with Crippen LogP contribution in [0.1, 0.15) is 19.8 Å². The first-order chi connectivity index (χ1) is 11.1. The molecule has 8 heteroatoms. The van der Waals surface area contributed by atoms with Crippen molar-refractivity contribution in [3.8, 4) is 0 Å². The molecule has 0 aliphatic carbocycles. The van der Waals surface area contributed by atoms with E-state index in [0.29, 0.717) is 14.8 Å². The van der Waals surface area contributed by atoms with Crippen molar-refractivity contribution in [3.63, 3.8) is 0 Å². The van der Waals surface area contributed by atoms with E-state index in [1.807, 2.05) is 0 Å². The molecule has 2 heterocycles. The summed E-state index contributed by atoms with van der Waals surface area (Å²) in [6.07, 6.45) is 2.81. The van der Waals surface area contributed by atoms with Gasteiger partial charge in [-0.3, -0.25) is 0 Å². The molecule has 0 saturated heterocycles. The Balaban J connectivity index is 1.65. The summed E-state index contributed by atoms with van der Waals surface area (Å²) in [4.78, 5) is 28.0. The summed E-state index contributed by atoms with van der Waals surface area (Å²) in [5, 5.41) is 5.25. The molecule has 116 valence electrons. The van der Waals surface area contributed by atoms with Crippen LogP contribution in [0.3, 0.4) is 0 Å².